The van der Waals surface area contributed by atoms with Crippen LogP contribution in [0.15, 0.2) is 48.5 Å². The van der Waals surface area contributed by atoms with Crippen molar-refractivity contribution in [3.05, 3.63) is 59.7 Å². The SMILES string of the molecule is CCOc1ccc(CC(=O)NCc2ccc(NC(=O)CC#N)cc2)cc1. The van der Waals surface area contributed by atoms with Crippen LogP contribution in [0.4, 0.5) is 5.69 Å². The Morgan fingerprint density at radius 2 is 1.65 bits per heavy atom. The van der Waals surface area contributed by atoms with Crippen LogP contribution in [0, 0.1) is 11.3 Å². The first kappa shape index (κ1) is 19.0. The Labute approximate surface area is 152 Å². The lowest BCUT2D eigenvalue weighted by Gasteiger charge is -2.08. The van der Waals surface area contributed by atoms with E-state index in [9.17, 15) is 9.59 Å². The summed E-state index contributed by atoms with van der Waals surface area (Å²) in [6.07, 6.45) is 0.123. The molecule has 0 aromatic heterocycles. The van der Waals surface area contributed by atoms with E-state index in [1.165, 1.54) is 0 Å². The van der Waals surface area contributed by atoms with Crippen molar-refractivity contribution < 1.29 is 14.3 Å². The molecule has 6 heteroatoms. The summed E-state index contributed by atoms with van der Waals surface area (Å²) in [6.45, 7) is 2.94. The van der Waals surface area contributed by atoms with Gasteiger partial charge in [-0.3, -0.25) is 9.59 Å². The molecule has 6 nitrogen and oxygen atoms in total. The molecule has 2 rings (SSSR count). The van der Waals surface area contributed by atoms with Crippen LogP contribution in [0.2, 0.25) is 0 Å². The van der Waals surface area contributed by atoms with E-state index in [-0.39, 0.29) is 18.2 Å². The Kier molecular flexibility index (Phi) is 7.19. The molecule has 0 atom stereocenters. The van der Waals surface area contributed by atoms with Gasteiger partial charge in [-0.15, -0.1) is 0 Å². The molecule has 0 spiro atoms. The van der Waals surface area contributed by atoms with Crippen molar-refractivity contribution in [3.8, 4) is 11.8 Å². The smallest absolute Gasteiger partial charge is 0.238 e. The van der Waals surface area contributed by atoms with Crippen LogP contribution in [0.5, 0.6) is 5.75 Å². The number of anilines is 1. The fourth-order valence-corrected chi connectivity index (χ4v) is 2.30. The van der Waals surface area contributed by atoms with Crippen LogP contribution >= 0.6 is 0 Å². The lowest BCUT2D eigenvalue weighted by atomic mass is 10.1. The minimum atomic E-state index is -0.344. The number of benzene rings is 2. The molecule has 0 saturated heterocycles. The van der Waals surface area contributed by atoms with Crippen molar-refractivity contribution in [1.29, 1.82) is 5.26 Å². The van der Waals surface area contributed by atoms with E-state index in [2.05, 4.69) is 10.6 Å². The predicted molar refractivity (Wildman–Crippen MR) is 98.5 cm³/mol. The molecule has 2 N–H and O–H groups in total. The third-order valence-corrected chi connectivity index (χ3v) is 3.57. The number of nitriles is 1. The molecular weight excluding hydrogens is 330 g/mol. The number of nitrogens with zero attached hydrogens (tertiary/aromatic N) is 1. The van der Waals surface area contributed by atoms with Crippen LogP contribution in [0.1, 0.15) is 24.5 Å². The standard InChI is InChI=1S/C20H21N3O3/c1-2-26-18-9-5-15(6-10-18)13-20(25)22-14-16-3-7-17(8-4-16)23-19(24)11-12-21/h3-10H,2,11,13-14H2,1H3,(H,22,25)(H,23,24). The van der Waals surface area contributed by atoms with Gasteiger partial charge in [-0.25, -0.2) is 0 Å². The maximum Gasteiger partial charge on any atom is 0.238 e. The zero-order chi connectivity index (χ0) is 18.8. The average molecular weight is 351 g/mol. The molecule has 0 aliphatic heterocycles. The Morgan fingerprint density at radius 3 is 2.27 bits per heavy atom. The van der Waals surface area contributed by atoms with Gasteiger partial charge in [0.25, 0.3) is 0 Å². The summed E-state index contributed by atoms with van der Waals surface area (Å²) in [6, 6.07) is 16.4. The normalized spacial score (nSPS) is 9.85. The Morgan fingerprint density at radius 1 is 1.00 bits per heavy atom. The Hall–Kier alpha value is -3.33. The molecule has 2 aromatic rings. The number of nitrogens with one attached hydrogen (secondary N) is 2. The van der Waals surface area contributed by atoms with Crippen LogP contribution in [0.25, 0.3) is 0 Å². The van der Waals surface area contributed by atoms with Crippen molar-refractivity contribution >= 4 is 17.5 Å². The van der Waals surface area contributed by atoms with E-state index in [1.54, 1.807) is 18.2 Å². The summed E-state index contributed by atoms with van der Waals surface area (Å²) in [5.74, 6) is 0.378. The molecule has 134 valence electrons. The summed E-state index contributed by atoms with van der Waals surface area (Å²) in [4.78, 5) is 23.4. The number of ether oxygens (including phenoxy) is 1. The van der Waals surface area contributed by atoms with Gasteiger partial charge in [0.05, 0.1) is 19.1 Å². The maximum atomic E-state index is 12.1. The summed E-state index contributed by atoms with van der Waals surface area (Å²) in [5, 5.41) is 14.0. The molecule has 0 radical (unpaired) electrons. The van der Waals surface area contributed by atoms with Gasteiger partial charge in [0.2, 0.25) is 11.8 Å². The highest BCUT2D eigenvalue weighted by Crippen LogP contribution is 2.13. The third kappa shape index (κ3) is 6.29. The average Bonchev–Trinajstić information content (AvgIpc) is 2.63. The number of carbonyl (C=O) groups is 2. The van der Waals surface area contributed by atoms with E-state index in [0.29, 0.717) is 25.3 Å². The molecule has 0 aliphatic carbocycles. The highest BCUT2D eigenvalue weighted by Gasteiger charge is 2.05. The zero-order valence-electron chi connectivity index (χ0n) is 14.6. The molecular formula is C20H21N3O3. The van der Waals surface area contributed by atoms with E-state index >= 15 is 0 Å². The van der Waals surface area contributed by atoms with E-state index in [1.807, 2.05) is 43.3 Å². The van der Waals surface area contributed by atoms with E-state index < -0.39 is 0 Å². The van der Waals surface area contributed by atoms with E-state index in [0.717, 1.165) is 16.9 Å². The first-order chi connectivity index (χ1) is 12.6. The quantitative estimate of drug-likeness (QED) is 0.765. The van der Waals surface area contributed by atoms with Crippen molar-refractivity contribution in [2.45, 2.75) is 26.3 Å². The van der Waals surface area contributed by atoms with Gasteiger partial charge in [0.1, 0.15) is 12.2 Å². The van der Waals surface area contributed by atoms with Crippen molar-refractivity contribution in [2.24, 2.45) is 0 Å². The molecule has 2 amide bonds. The Bertz CT molecular complexity index is 777. The summed E-state index contributed by atoms with van der Waals surface area (Å²) in [5.41, 5.74) is 2.46. The van der Waals surface area contributed by atoms with Crippen LogP contribution in [-0.4, -0.2) is 18.4 Å². The van der Waals surface area contributed by atoms with Crippen molar-refractivity contribution in [1.82, 2.24) is 5.32 Å². The van der Waals surface area contributed by atoms with Gasteiger partial charge in [0.15, 0.2) is 0 Å². The molecule has 0 fully saturated rings. The first-order valence-corrected chi connectivity index (χ1v) is 8.35. The van der Waals surface area contributed by atoms with Crippen LogP contribution in [0.3, 0.4) is 0 Å². The first-order valence-electron chi connectivity index (χ1n) is 8.35. The maximum absolute atomic E-state index is 12.1. The highest BCUT2D eigenvalue weighted by atomic mass is 16.5. The predicted octanol–water partition coefficient (Wildman–Crippen LogP) is 2.80. The van der Waals surface area contributed by atoms with Crippen molar-refractivity contribution in [3.63, 3.8) is 0 Å². The number of amides is 2. The second kappa shape index (κ2) is 9.84. The molecule has 0 bridgehead atoms. The third-order valence-electron chi connectivity index (χ3n) is 3.57. The zero-order valence-corrected chi connectivity index (χ0v) is 14.6. The van der Waals surface area contributed by atoms with Gasteiger partial charge in [-0.05, 0) is 42.3 Å². The number of carbonyl (C=O) groups excluding carboxylic acids is 2. The monoisotopic (exact) mass is 351 g/mol. The summed E-state index contributed by atoms with van der Waals surface area (Å²) >= 11 is 0. The second-order valence-electron chi connectivity index (χ2n) is 5.61. The van der Waals surface area contributed by atoms with Gasteiger partial charge in [-0.2, -0.15) is 5.26 Å². The summed E-state index contributed by atoms with van der Waals surface area (Å²) < 4.78 is 5.38. The van der Waals surface area contributed by atoms with Gasteiger partial charge >= 0.3 is 0 Å². The second-order valence-corrected chi connectivity index (χ2v) is 5.61. The topological polar surface area (TPSA) is 91.2 Å². The van der Waals surface area contributed by atoms with Gasteiger partial charge < -0.3 is 15.4 Å². The van der Waals surface area contributed by atoms with Gasteiger partial charge in [0, 0.05) is 12.2 Å². The van der Waals surface area contributed by atoms with Crippen molar-refractivity contribution in [2.75, 3.05) is 11.9 Å². The Balaban J connectivity index is 1.79. The number of rotatable bonds is 8. The number of hydrogen-bond acceptors (Lipinski definition) is 4. The number of hydrogen-bond donors (Lipinski definition) is 2. The largest absolute Gasteiger partial charge is 0.494 e. The fraction of sp³-hybridized carbons (Fsp3) is 0.250. The minimum absolute atomic E-state index is 0.0689. The van der Waals surface area contributed by atoms with Gasteiger partial charge in [-0.1, -0.05) is 24.3 Å². The van der Waals surface area contributed by atoms with Crippen LogP contribution in [-0.2, 0) is 22.6 Å². The molecule has 26 heavy (non-hydrogen) atoms. The minimum Gasteiger partial charge on any atom is -0.494 e. The molecule has 0 heterocycles. The molecule has 0 saturated carbocycles. The highest BCUT2D eigenvalue weighted by molar-refractivity contribution is 5.92. The van der Waals surface area contributed by atoms with E-state index in [4.69, 9.17) is 10.00 Å². The molecule has 2 aromatic carbocycles. The fourth-order valence-electron chi connectivity index (χ4n) is 2.30. The summed E-state index contributed by atoms with van der Waals surface area (Å²) in [7, 11) is 0. The lowest BCUT2D eigenvalue weighted by molar-refractivity contribution is -0.120. The molecule has 0 aliphatic rings. The lowest BCUT2D eigenvalue weighted by Crippen LogP contribution is -2.24. The van der Waals surface area contributed by atoms with Crippen LogP contribution < -0.4 is 15.4 Å². The molecule has 0 unspecified atom stereocenters.